The maximum Gasteiger partial charge on any atom is 0.274 e. The van der Waals surface area contributed by atoms with Crippen molar-refractivity contribution < 1.29 is 14.4 Å². The van der Waals surface area contributed by atoms with Gasteiger partial charge in [-0.3, -0.25) is 10.0 Å². The highest BCUT2D eigenvalue weighted by atomic mass is 35.5. The Morgan fingerprint density at radius 3 is 2.44 bits per heavy atom. The molecule has 0 bridgehead atoms. The number of hydrogen-bond donors (Lipinski definition) is 2. The number of fused-ring (bicyclic) bond motifs is 1. The molecule has 1 aromatic heterocycles. The van der Waals surface area contributed by atoms with Gasteiger partial charge in [-0.1, -0.05) is 41.9 Å². The number of hydrogen-bond acceptors (Lipinski definition) is 3. The van der Waals surface area contributed by atoms with Gasteiger partial charge in [0.25, 0.3) is 5.91 Å². The first kappa shape index (κ1) is 21.3. The van der Waals surface area contributed by atoms with Crippen LogP contribution in [0.1, 0.15) is 27.0 Å². The highest BCUT2D eigenvalue weighted by Crippen LogP contribution is 2.29. The van der Waals surface area contributed by atoms with Gasteiger partial charge in [0.2, 0.25) is 0 Å². The highest BCUT2D eigenvalue weighted by Gasteiger charge is 2.11. The standard InChI is InChI=1S/C25H17ClFN3O2/c26-21-7-10-23-20(11-19(13-28)17-3-5-18(6-4-17)25(31)29-32)15-30(24(23)12-21)14-16-1-8-22(27)9-2-16/h1-12,15,32H,14H2,(H,29,31). The molecule has 0 saturated carbocycles. The molecule has 0 unspecified atom stereocenters. The average molecular weight is 446 g/mol. The van der Waals surface area contributed by atoms with Crippen LogP contribution < -0.4 is 5.48 Å². The van der Waals surface area contributed by atoms with Gasteiger partial charge in [0, 0.05) is 34.3 Å². The van der Waals surface area contributed by atoms with Gasteiger partial charge in [-0.2, -0.15) is 5.26 Å². The number of nitrogens with one attached hydrogen (secondary N) is 1. The van der Waals surface area contributed by atoms with Gasteiger partial charge >= 0.3 is 0 Å². The van der Waals surface area contributed by atoms with E-state index in [2.05, 4.69) is 6.07 Å². The third kappa shape index (κ3) is 4.40. The Hall–Kier alpha value is -3.92. The van der Waals surface area contributed by atoms with Crippen LogP contribution in [0.3, 0.4) is 0 Å². The second-order valence-electron chi connectivity index (χ2n) is 7.19. The summed E-state index contributed by atoms with van der Waals surface area (Å²) in [4.78, 5) is 11.5. The quantitative estimate of drug-likeness (QED) is 0.236. The zero-order valence-electron chi connectivity index (χ0n) is 16.7. The number of halogens is 2. The van der Waals surface area contributed by atoms with E-state index >= 15 is 0 Å². The lowest BCUT2D eigenvalue weighted by atomic mass is 10.0. The predicted molar refractivity (Wildman–Crippen MR) is 122 cm³/mol. The number of rotatable bonds is 5. The Balaban J connectivity index is 1.76. The topological polar surface area (TPSA) is 78.0 Å². The summed E-state index contributed by atoms with van der Waals surface area (Å²) in [6.07, 6.45) is 3.70. The Morgan fingerprint density at radius 2 is 1.78 bits per heavy atom. The number of amides is 1. The van der Waals surface area contributed by atoms with Crippen LogP contribution in [0.15, 0.2) is 72.9 Å². The lowest BCUT2D eigenvalue weighted by molar-refractivity contribution is 0.0706. The molecule has 158 valence electrons. The zero-order valence-corrected chi connectivity index (χ0v) is 17.5. The van der Waals surface area contributed by atoms with Crippen molar-refractivity contribution in [3.05, 3.63) is 106 Å². The van der Waals surface area contributed by atoms with E-state index in [9.17, 15) is 14.4 Å². The summed E-state index contributed by atoms with van der Waals surface area (Å²) >= 11 is 6.22. The minimum absolute atomic E-state index is 0.277. The second kappa shape index (κ2) is 9.06. The molecular formula is C25H17ClFN3O2. The fourth-order valence-electron chi connectivity index (χ4n) is 3.53. The van der Waals surface area contributed by atoms with Crippen LogP contribution in [0.25, 0.3) is 22.6 Å². The summed E-state index contributed by atoms with van der Waals surface area (Å²) in [5.74, 6) is -0.918. The van der Waals surface area contributed by atoms with Crippen molar-refractivity contribution >= 4 is 40.1 Å². The number of nitriles is 1. The summed E-state index contributed by atoms with van der Waals surface area (Å²) in [5, 5.41) is 20.0. The van der Waals surface area contributed by atoms with Crippen LogP contribution in [-0.2, 0) is 6.54 Å². The third-order valence-electron chi connectivity index (χ3n) is 5.12. The van der Waals surface area contributed by atoms with Gasteiger partial charge in [-0.15, -0.1) is 0 Å². The van der Waals surface area contributed by atoms with Crippen molar-refractivity contribution in [1.29, 1.82) is 5.26 Å². The summed E-state index contributed by atoms with van der Waals surface area (Å²) in [5.41, 5.74) is 5.55. The molecule has 7 heteroatoms. The molecule has 0 saturated heterocycles. The lowest BCUT2D eigenvalue weighted by Crippen LogP contribution is -2.18. The van der Waals surface area contributed by atoms with Crippen LogP contribution in [0.5, 0.6) is 0 Å². The van der Waals surface area contributed by atoms with E-state index in [-0.39, 0.29) is 11.4 Å². The molecule has 0 atom stereocenters. The van der Waals surface area contributed by atoms with Crippen LogP contribution in [0.2, 0.25) is 5.02 Å². The van der Waals surface area contributed by atoms with Crippen molar-refractivity contribution in [1.82, 2.24) is 10.0 Å². The van der Waals surface area contributed by atoms with Crippen LogP contribution in [0, 0.1) is 17.1 Å². The van der Waals surface area contributed by atoms with Gasteiger partial charge in [0.15, 0.2) is 0 Å². The van der Waals surface area contributed by atoms with E-state index in [1.165, 1.54) is 24.3 Å². The van der Waals surface area contributed by atoms with Crippen molar-refractivity contribution in [2.75, 3.05) is 0 Å². The SMILES string of the molecule is N#CC(=Cc1cn(Cc2ccc(F)cc2)c2cc(Cl)ccc12)c1ccc(C(=O)NO)cc1. The molecule has 0 aliphatic heterocycles. The van der Waals surface area contributed by atoms with Gasteiger partial charge in [-0.05, 0) is 53.6 Å². The number of hydroxylamine groups is 1. The molecule has 0 aliphatic rings. The molecule has 1 amide bonds. The van der Waals surface area contributed by atoms with E-state index < -0.39 is 5.91 Å². The number of carbonyl (C=O) groups is 1. The molecule has 32 heavy (non-hydrogen) atoms. The van der Waals surface area contributed by atoms with Gasteiger partial charge < -0.3 is 4.57 Å². The minimum Gasteiger partial charge on any atom is -0.342 e. The zero-order chi connectivity index (χ0) is 22.7. The number of nitrogens with zero attached hydrogens (tertiary/aromatic N) is 2. The van der Waals surface area contributed by atoms with E-state index in [0.29, 0.717) is 22.7 Å². The molecule has 4 aromatic rings. The molecule has 5 nitrogen and oxygen atoms in total. The van der Waals surface area contributed by atoms with E-state index in [4.69, 9.17) is 16.8 Å². The Kier molecular flexibility index (Phi) is 6.04. The number of carbonyl (C=O) groups excluding carboxylic acids is 1. The number of allylic oxidation sites excluding steroid dienone is 1. The summed E-state index contributed by atoms with van der Waals surface area (Å²) in [6.45, 7) is 0.512. The van der Waals surface area contributed by atoms with E-state index in [1.54, 1.807) is 41.9 Å². The molecule has 0 spiro atoms. The smallest absolute Gasteiger partial charge is 0.274 e. The van der Waals surface area contributed by atoms with Crippen LogP contribution in [-0.4, -0.2) is 15.7 Å². The van der Waals surface area contributed by atoms with E-state index in [0.717, 1.165) is 22.0 Å². The number of aromatic nitrogens is 1. The Labute approximate surface area is 188 Å². The molecule has 4 rings (SSSR count). The van der Waals surface area contributed by atoms with Crippen molar-refractivity contribution in [2.24, 2.45) is 0 Å². The van der Waals surface area contributed by atoms with Gasteiger partial charge in [-0.25, -0.2) is 9.87 Å². The summed E-state index contributed by atoms with van der Waals surface area (Å²) in [6, 6.07) is 20.4. The molecule has 0 radical (unpaired) electrons. The third-order valence-corrected chi connectivity index (χ3v) is 5.36. The molecule has 1 heterocycles. The normalized spacial score (nSPS) is 11.4. The first-order valence-corrected chi connectivity index (χ1v) is 10.1. The molecule has 2 N–H and O–H groups in total. The summed E-state index contributed by atoms with van der Waals surface area (Å²) < 4.78 is 15.3. The van der Waals surface area contributed by atoms with Crippen LogP contribution in [0.4, 0.5) is 4.39 Å². The van der Waals surface area contributed by atoms with Crippen LogP contribution >= 0.6 is 11.6 Å². The predicted octanol–water partition coefficient (Wildman–Crippen LogP) is 5.67. The van der Waals surface area contributed by atoms with Crippen molar-refractivity contribution in [3.63, 3.8) is 0 Å². The largest absolute Gasteiger partial charge is 0.342 e. The Morgan fingerprint density at radius 1 is 1.09 bits per heavy atom. The first-order valence-electron chi connectivity index (χ1n) is 9.68. The minimum atomic E-state index is -0.625. The monoisotopic (exact) mass is 445 g/mol. The maximum absolute atomic E-state index is 13.3. The fourth-order valence-corrected chi connectivity index (χ4v) is 3.69. The second-order valence-corrected chi connectivity index (χ2v) is 7.62. The fraction of sp³-hybridized carbons (Fsp3) is 0.0400. The molecule has 0 aliphatic carbocycles. The number of benzene rings is 3. The van der Waals surface area contributed by atoms with Gasteiger partial charge in [0.1, 0.15) is 5.82 Å². The molecule has 3 aromatic carbocycles. The van der Waals surface area contributed by atoms with Crippen molar-refractivity contribution in [2.45, 2.75) is 6.54 Å². The van der Waals surface area contributed by atoms with Crippen molar-refractivity contribution in [3.8, 4) is 6.07 Å². The van der Waals surface area contributed by atoms with E-state index in [1.807, 2.05) is 22.9 Å². The maximum atomic E-state index is 13.3. The average Bonchev–Trinajstić information content (AvgIpc) is 3.14. The lowest BCUT2D eigenvalue weighted by Gasteiger charge is -2.06. The molecular weight excluding hydrogens is 429 g/mol. The molecule has 0 fully saturated rings. The summed E-state index contributed by atoms with van der Waals surface area (Å²) in [7, 11) is 0. The first-order chi connectivity index (χ1) is 15.5. The Bertz CT molecular complexity index is 1370. The highest BCUT2D eigenvalue weighted by molar-refractivity contribution is 6.31. The van der Waals surface area contributed by atoms with Gasteiger partial charge in [0.05, 0.1) is 17.2 Å².